The highest BCUT2D eigenvalue weighted by Crippen LogP contribution is 2.70. The van der Waals surface area contributed by atoms with Gasteiger partial charge in [0, 0.05) is 33.5 Å². The Morgan fingerprint density at radius 1 is 0.302 bits per heavy atom. The number of anilines is 3. The van der Waals surface area contributed by atoms with Crippen LogP contribution in [0.1, 0.15) is 22.3 Å². The highest BCUT2D eigenvalue weighted by atomic mass is 15.1. The topological polar surface area (TPSA) is 8.17 Å². The van der Waals surface area contributed by atoms with Gasteiger partial charge in [-0.1, -0.05) is 158 Å². The molecule has 0 N–H and O–H groups in total. The van der Waals surface area contributed by atoms with Crippen LogP contribution < -0.4 is 4.90 Å². The Balaban J connectivity index is 0.836. The lowest BCUT2D eigenvalue weighted by atomic mass is 9.73. The molecular weight excluding hydrogens is 761 g/mol. The first-order chi connectivity index (χ1) is 31.3. The van der Waals surface area contributed by atoms with Crippen molar-refractivity contribution in [3.63, 3.8) is 0 Å². The standard InChI is InChI=1S/C61H38N2/c1-3-13-43(14-4-1)62(45-31-25-39(26-32-45)41-30-36-58-54(37-41)49-18-8-10-24-57(49)63(58)44-15-5-2-6-16-44)46-33-27-40(28-34-46)42-29-35-48-51-20-12-22-53-52-21-11-19-50-47-17-7-9-23-55(47)61(59(50)52,60(51)53)56(48)38-42/h1-38H. The van der Waals surface area contributed by atoms with Gasteiger partial charge in [-0.3, -0.25) is 0 Å². The van der Waals surface area contributed by atoms with Gasteiger partial charge in [-0.25, -0.2) is 0 Å². The summed E-state index contributed by atoms with van der Waals surface area (Å²) < 4.78 is 2.37. The van der Waals surface area contributed by atoms with Crippen molar-refractivity contribution in [1.82, 2.24) is 4.57 Å². The fraction of sp³-hybridized carbons (Fsp3) is 0.0164. The zero-order valence-electron chi connectivity index (χ0n) is 34.3. The zero-order chi connectivity index (χ0) is 41.2. The minimum absolute atomic E-state index is 0.289. The fourth-order valence-electron chi connectivity index (χ4n) is 11.6. The molecular formula is C61H38N2. The smallest absolute Gasteiger partial charge is 0.0737 e. The van der Waals surface area contributed by atoms with E-state index in [1.165, 1.54) is 105 Å². The van der Waals surface area contributed by atoms with E-state index in [0.717, 1.165) is 17.1 Å². The predicted octanol–water partition coefficient (Wildman–Crippen LogP) is 15.9. The maximum absolute atomic E-state index is 2.49. The van der Waals surface area contributed by atoms with Gasteiger partial charge in [-0.05, 0) is 151 Å². The summed E-state index contributed by atoms with van der Waals surface area (Å²) in [7, 11) is 0. The van der Waals surface area contributed by atoms with E-state index in [1.54, 1.807) is 0 Å². The number of hydrogen-bond donors (Lipinski definition) is 0. The molecule has 1 aromatic heterocycles. The first-order valence-corrected chi connectivity index (χ1v) is 21.9. The summed E-state index contributed by atoms with van der Waals surface area (Å²) in [5.74, 6) is 0. The number of para-hydroxylation sites is 3. The summed E-state index contributed by atoms with van der Waals surface area (Å²) in [6.07, 6.45) is 0. The summed E-state index contributed by atoms with van der Waals surface area (Å²) in [4.78, 5) is 2.36. The quantitative estimate of drug-likeness (QED) is 0.163. The van der Waals surface area contributed by atoms with Gasteiger partial charge in [0.05, 0.1) is 16.4 Å². The molecule has 0 fully saturated rings. The summed E-state index contributed by atoms with van der Waals surface area (Å²) in [5, 5.41) is 2.51. The van der Waals surface area contributed by atoms with Crippen LogP contribution in [-0.4, -0.2) is 4.57 Å². The van der Waals surface area contributed by atoms with Gasteiger partial charge in [0.1, 0.15) is 0 Å². The van der Waals surface area contributed by atoms with Crippen molar-refractivity contribution < 1.29 is 0 Å². The van der Waals surface area contributed by atoms with Crippen molar-refractivity contribution in [2.75, 3.05) is 4.90 Å². The van der Waals surface area contributed by atoms with E-state index >= 15 is 0 Å². The Bertz CT molecular complexity index is 3620. The lowest BCUT2D eigenvalue weighted by Gasteiger charge is -2.28. The fourth-order valence-corrected chi connectivity index (χ4v) is 11.6. The second kappa shape index (κ2) is 12.9. The van der Waals surface area contributed by atoms with Gasteiger partial charge < -0.3 is 9.47 Å². The SMILES string of the molecule is c1ccc(N(c2ccc(-c3ccc4c(c3)C35c6ccccc6-c6cccc(c63)-c3cccc-4c35)cc2)c2ccc(-c3ccc4c(c3)c3ccccc3n4-c3ccccc3)cc2)cc1. The van der Waals surface area contributed by atoms with Gasteiger partial charge in [0.15, 0.2) is 0 Å². The molecule has 14 rings (SSSR count). The zero-order valence-corrected chi connectivity index (χ0v) is 34.3. The Morgan fingerprint density at radius 2 is 0.778 bits per heavy atom. The molecule has 11 aromatic rings. The van der Waals surface area contributed by atoms with Crippen molar-refractivity contribution in [3.8, 4) is 61.3 Å². The van der Waals surface area contributed by atoms with Crippen molar-refractivity contribution in [3.05, 3.63) is 253 Å². The molecule has 0 saturated carbocycles. The van der Waals surface area contributed by atoms with Crippen LogP contribution >= 0.6 is 0 Å². The van der Waals surface area contributed by atoms with Crippen LogP contribution in [0.2, 0.25) is 0 Å². The Hall–Kier alpha value is -8.20. The molecule has 1 heterocycles. The van der Waals surface area contributed by atoms with Crippen LogP contribution in [0.5, 0.6) is 0 Å². The molecule has 63 heavy (non-hydrogen) atoms. The molecule has 0 aliphatic heterocycles. The molecule has 0 amide bonds. The maximum atomic E-state index is 2.49. The number of rotatable bonds is 6. The first-order valence-electron chi connectivity index (χ1n) is 21.9. The second-order valence-electron chi connectivity index (χ2n) is 17.2. The minimum Gasteiger partial charge on any atom is -0.311 e. The molecule has 2 heteroatoms. The van der Waals surface area contributed by atoms with Gasteiger partial charge in [-0.2, -0.15) is 0 Å². The molecule has 0 bridgehead atoms. The van der Waals surface area contributed by atoms with Gasteiger partial charge in [0.2, 0.25) is 0 Å². The molecule has 1 atom stereocenters. The highest BCUT2D eigenvalue weighted by Gasteiger charge is 2.57. The number of hydrogen-bond acceptors (Lipinski definition) is 1. The van der Waals surface area contributed by atoms with Crippen LogP contribution in [0.15, 0.2) is 231 Å². The third-order valence-corrected chi connectivity index (χ3v) is 14.1. The van der Waals surface area contributed by atoms with Crippen molar-refractivity contribution in [2.45, 2.75) is 5.41 Å². The third kappa shape index (κ3) is 4.67. The molecule has 0 radical (unpaired) electrons. The highest BCUT2D eigenvalue weighted by molar-refractivity contribution is 6.11. The van der Waals surface area contributed by atoms with Gasteiger partial charge in [0.25, 0.3) is 0 Å². The van der Waals surface area contributed by atoms with E-state index < -0.39 is 0 Å². The Labute approximate surface area is 366 Å². The van der Waals surface area contributed by atoms with Crippen LogP contribution in [0.4, 0.5) is 17.1 Å². The van der Waals surface area contributed by atoms with Crippen LogP contribution in [0, 0.1) is 0 Å². The van der Waals surface area contributed by atoms with E-state index in [9.17, 15) is 0 Å². The molecule has 2 nitrogen and oxygen atoms in total. The van der Waals surface area contributed by atoms with Crippen LogP contribution in [-0.2, 0) is 5.41 Å². The molecule has 0 saturated heterocycles. The number of benzene rings is 10. The Morgan fingerprint density at radius 3 is 1.46 bits per heavy atom. The average molecular weight is 799 g/mol. The molecule has 292 valence electrons. The summed E-state index contributed by atoms with van der Waals surface area (Å²) in [6.45, 7) is 0. The van der Waals surface area contributed by atoms with E-state index in [2.05, 4.69) is 240 Å². The van der Waals surface area contributed by atoms with Gasteiger partial charge >= 0.3 is 0 Å². The van der Waals surface area contributed by atoms with Crippen LogP contribution in [0.3, 0.4) is 0 Å². The third-order valence-electron chi connectivity index (χ3n) is 14.1. The Kier molecular flexibility index (Phi) is 7.07. The molecule has 1 spiro atoms. The van der Waals surface area contributed by atoms with E-state index in [0.29, 0.717) is 0 Å². The van der Waals surface area contributed by atoms with Crippen molar-refractivity contribution in [1.29, 1.82) is 0 Å². The second-order valence-corrected chi connectivity index (χ2v) is 17.2. The number of aromatic nitrogens is 1. The van der Waals surface area contributed by atoms with E-state index in [-0.39, 0.29) is 5.41 Å². The van der Waals surface area contributed by atoms with Crippen LogP contribution in [0.25, 0.3) is 83.1 Å². The largest absolute Gasteiger partial charge is 0.311 e. The minimum atomic E-state index is -0.289. The summed E-state index contributed by atoms with van der Waals surface area (Å²) in [5.41, 5.74) is 25.4. The molecule has 10 aromatic carbocycles. The van der Waals surface area contributed by atoms with Crippen molar-refractivity contribution in [2.24, 2.45) is 0 Å². The average Bonchev–Trinajstić information content (AvgIpc) is 4.05. The summed E-state index contributed by atoms with van der Waals surface area (Å²) in [6, 6.07) is 85.3. The summed E-state index contributed by atoms with van der Waals surface area (Å²) >= 11 is 0. The molecule has 1 unspecified atom stereocenters. The molecule has 3 aliphatic rings. The maximum Gasteiger partial charge on any atom is 0.0737 e. The number of fused-ring (bicyclic) bond motifs is 8. The molecule has 3 aliphatic carbocycles. The lowest BCUT2D eigenvalue weighted by Crippen LogP contribution is -2.23. The van der Waals surface area contributed by atoms with E-state index in [1.807, 2.05) is 0 Å². The number of nitrogens with zero attached hydrogens (tertiary/aromatic N) is 2. The van der Waals surface area contributed by atoms with Crippen molar-refractivity contribution >= 4 is 38.9 Å². The normalized spacial score (nSPS) is 14.7. The van der Waals surface area contributed by atoms with E-state index in [4.69, 9.17) is 0 Å². The predicted molar refractivity (Wildman–Crippen MR) is 262 cm³/mol. The monoisotopic (exact) mass is 798 g/mol. The lowest BCUT2D eigenvalue weighted by molar-refractivity contribution is 0.818. The first kappa shape index (κ1) is 34.5. The van der Waals surface area contributed by atoms with Gasteiger partial charge in [-0.15, -0.1) is 0 Å².